The molecule has 2 aliphatic rings. The van der Waals surface area contributed by atoms with E-state index in [9.17, 15) is 4.79 Å². The second-order valence-electron chi connectivity index (χ2n) is 8.79. The van der Waals surface area contributed by atoms with Crippen LogP contribution in [0.1, 0.15) is 37.3 Å². The first kappa shape index (κ1) is 19.5. The Bertz CT molecular complexity index is 1350. The largest absolute Gasteiger partial charge is 0.383 e. The molecular weight excluding hydrogens is 420 g/mol. The Morgan fingerprint density at radius 3 is 3.06 bits per heavy atom. The molecule has 2 unspecified atom stereocenters. The fourth-order valence-electron chi connectivity index (χ4n) is 5.08. The minimum absolute atomic E-state index is 0.0194. The number of carbonyl (C=O) groups is 1. The third-order valence-corrected chi connectivity index (χ3v) is 7.78. The van der Waals surface area contributed by atoms with Crippen LogP contribution in [-0.4, -0.2) is 31.2 Å². The maximum atomic E-state index is 11.7. The van der Waals surface area contributed by atoms with Crippen molar-refractivity contribution < 1.29 is 4.79 Å². The monoisotopic (exact) mass is 444 g/mol. The summed E-state index contributed by atoms with van der Waals surface area (Å²) < 4.78 is 2.28. The van der Waals surface area contributed by atoms with E-state index in [1.807, 2.05) is 6.07 Å². The number of nitrogens with zero attached hydrogens (tertiary/aromatic N) is 4. The predicted molar refractivity (Wildman–Crippen MR) is 128 cm³/mol. The van der Waals surface area contributed by atoms with Crippen LogP contribution >= 0.6 is 11.8 Å². The van der Waals surface area contributed by atoms with Gasteiger partial charge in [-0.15, -0.1) is 11.8 Å². The SMILES string of the molecule is Nc1ncnc2c1ccn2C1CCC(CCc2ccc3cc4c(nc3c2)NC(=O)CS4)C1. The second kappa shape index (κ2) is 7.78. The average Bonchev–Trinajstić information content (AvgIpc) is 3.44. The third-order valence-electron chi connectivity index (χ3n) is 6.75. The first-order valence-electron chi connectivity index (χ1n) is 11.1. The van der Waals surface area contributed by atoms with Gasteiger partial charge < -0.3 is 15.6 Å². The lowest BCUT2D eigenvalue weighted by Crippen LogP contribution is -2.19. The number of fused-ring (bicyclic) bond motifs is 3. The highest BCUT2D eigenvalue weighted by atomic mass is 32.2. The van der Waals surface area contributed by atoms with Gasteiger partial charge in [0.2, 0.25) is 5.91 Å². The molecule has 1 aromatic carbocycles. The van der Waals surface area contributed by atoms with E-state index in [1.54, 1.807) is 18.1 Å². The van der Waals surface area contributed by atoms with Crippen LogP contribution < -0.4 is 11.1 Å². The Labute approximate surface area is 189 Å². The van der Waals surface area contributed by atoms with Gasteiger partial charge in [-0.05, 0) is 61.8 Å². The van der Waals surface area contributed by atoms with Crippen LogP contribution in [0.25, 0.3) is 21.9 Å². The van der Waals surface area contributed by atoms with Gasteiger partial charge in [0.1, 0.15) is 23.6 Å². The van der Waals surface area contributed by atoms with Crippen LogP contribution in [0.2, 0.25) is 0 Å². The Hall–Kier alpha value is -3.13. The van der Waals surface area contributed by atoms with Gasteiger partial charge in [-0.1, -0.05) is 12.1 Å². The number of nitrogen functional groups attached to an aromatic ring is 1. The van der Waals surface area contributed by atoms with Crippen LogP contribution in [0.4, 0.5) is 11.6 Å². The van der Waals surface area contributed by atoms with Gasteiger partial charge in [-0.3, -0.25) is 4.79 Å². The number of nitrogens with one attached hydrogen (secondary N) is 1. The minimum Gasteiger partial charge on any atom is -0.383 e. The second-order valence-corrected chi connectivity index (χ2v) is 9.81. The number of aromatic nitrogens is 4. The van der Waals surface area contributed by atoms with E-state index in [1.165, 1.54) is 18.4 Å². The molecule has 0 bridgehead atoms. The molecule has 0 spiro atoms. The van der Waals surface area contributed by atoms with Crippen LogP contribution in [0.3, 0.4) is 0 Å². The summed E-state index contributed by atoms with van der Waals surface area (Å²) in [6.45, 7) is 0. The Balaban J connectivity index is 1.15. The summed E-state index contributed by atoms with van der Waals surface area (Å²) in [7, 11) is 0. The average molecular weight is 445 g/mol. The van der Waals surface area contributed by atoms with Crippen molar-refractivity contribution in [1.82, 2.24) is 19.5 Å². The zero-order valence-corrected chi connectivity index (χ0v) is 18.4. The van der Waals surface area contributed by atoms with E-state index >= 15 is 0 Å². The number of anilines is 2. The highest BCUT2D eigenvalue weighted by Gasteiger charge is 2.27. The molecule has 1 aliphatic carbocycles. The van der Waals surface area contributed by atoms with E-state index in [4.69, 9.17) is 10.7 Å². The summed E-state index contributed by atoms with van der Waals surface area (Å²) in [5.74, 6) is 2.41. The molecule has 1 saturated carbocycles. The molecule has 162 valence electrons. The van der Waals surface area contributed by atoms with Crippen LogP contribution in [0, 0.1) is 5.92 Å². The molecule has 3 aromatic heterocycles. The quantitative estimate of drug-likeness (QED) is 0.478. The van der Waals surface area contributed by atoms with E-state index in [0.29, 0.717) is 29.3 Å². The third kappa shape index (κ3) is 3.48. The molecule has 2 atom stereocenters. The Kier molecular flexibility index (Phi) is 4.75. The van der Waals surface area contributed by atoms with Crippen molar-refractivity contribution in [1.29, 1.82) is 0 Å². The molecule has 1 fully saturated rings. The van der Waals surface area contributed by atoms with Gasteiger partial charge in [-0.2, -0.15) is 0 Å². The summed E-state index contributed by atoms with van der Waals surface area (Å²) in [4.78, 5) is 26.0. The maximum Gasteiger partial charge on any atom is 0.235 e. The van der Waals surface area contributed by atoms with Crippen molar-refractivity contribution in [3.05, 3.63) is 48.4 Å². The van der Waals surface area contributed by atoms with E-state index in [0.717, 1.165) is 46.1 Å². The standard InChI is InChI=1S/C24H24N6OS/c25-22-18-7-8-30(24(18)27-13-26-22)17-6-4-14(9-17)1-2-15-3-5-16-11-20-23(28-19(16)10-15)29-21(31)12-32-20/h3,5,7-8,10-11,13-14,17H,1-2,4,6,9,12H2,(H2,25,26,27)(H,28,29,31). The minimum atomic E-state index is 0.0194. The van der Waals surface area contributed by atoms with Gasteiger partial charge in [0, 0.05) is 17.6 Å². The number of benzene rings is 1. The molecular formula is C24H24N6OS. The molecule has 0 radical (unpaired) electrons. The molecule has 1 amide bonds. The van der Waals surface area contributed by atoms with Crippen molar-refractivity contribution in [2.24, 2.45) is 5.92 Å². The van der Waals surface area contributed by atoms with Crippen molar-refractivity contribution in [2.45, 2.75) is 43.0 Å². The zero-order chi connectivity index (χ0) is 21.7. The van der Waals surface area contributed by atoms with Crippen LogP contribution in [-0.2, 0) is 11.2 Å². The first-order valence-corrected chi connectivity index (χ1v) is 12.1. The highest BCUT2D eigenvalue weighted by molar-refractivity contribution is 8.00. The number of nitrogens with two attached hydrogens (primary N) is 1. The molecule has 0 saturated heterocycles. The number of hydrogen-bond acceptors (Lipinski definition) is 6. The summed E-state index contributed by atoms with van der Waals surface area (Å²) in [5.41, 5.74) is 9.19. The Morgan fingerprint density at radius 1 is 1.19 bits per heavy atom. The smallest absolute Gasteiger partial charge is 0.235 e. The van der Waals surface area contributed by atoms with Crippen molar-refractivity contribution >= 4 is 51.2 Å². The number of thioether (sulfide) groups is 1. The predicted octanol–water partition coefficient (Wildman–Crippen LogP) is 4.58. The molecule has 7 nitrogen and oxygen atoms in total. The van der Waals surface area contributed by atoms with E-state index in [-0.39, 0.29) is 5.91 Å². The fourth-order valence-corrected chi connectivity index (χ4v) is 5.88. The molecule has 4 heterocycles. The summed E-state index contributed by atoms with van der Waals surface area (Å²) >= 11 is 1.55. The normalized spacial score (nSPS) is 20.6. The van der Waals surface area contributed by atoms with Gasteiger partial charge in [-0.25, -0.2) is 15.0 Å². The number of aryl methyl sites for hydroxylation is 1. The van der Waals surface area contributed by atoms with E-state index < -0.39 is 0 Å². The van der Waals surface area contributed by atoms with Gasteiger partial charge >= 0.3 is 0 Å². The lowest BCUT2D eigenvalue weighted by atomic mass is 9.97. The fraction of sp³-hybridized carbons (Fsp3) is 0.333. The molecule has 8 heteroatoms. The Morgan fingerprint density at radius 2 is 2.12 bits per heavy atom. The van der Waals surface area contributed by atoms with Crippen LogP contribution in [0.15, 0.2) is 47.8 Å². The lowest BCUT2D eigenvalue weighted by molar-refractivity contribution is -0.113. The van der Waals surface area contributed by atoms with Crippen molar-refractivity contribution in [3.8, 4) is 0 Å². The highest BCUT2D eigenvalue weighted by Crippen LogP contribution is 2.39. The maximum absolute atomic E-state index is 11.7. The van der Waals surface area contributed by atoms with Gasteiger partial charge in [0.25, 0.3) is 0 Å². The number of pyridine rings is 1. The number of rotatable bonds is 4. The number of amides is 1. The van der Waals surface area contributed by atoms with Crippen molar-refractivity contribution in [3.63, 3.8) is 0 Å². The molecule has 6 rings (SSSR count). The summed E-state index contributed by atoms with van der Waals surface area (Å²) in [6.07, 6.45) is 9.42. The molecule has 1 aliphatic heterocycles. The first-order chi connectivity index (χ1) is 15.6. The summed E-state index contributed by atoms with van der Waals surface area (Å²) in [5, 5.41) is 4.96. The topological polar surface area (TPSA) is 98.7 Å². The zero-order valence-electron chi connectivity index (χ0n) is 17.6. The summed E-state index contributed by atoms with van der Waals surface area (Å²) in [6, 6.07) is 11.2. The van der Waals surface area contributed by atoms with Crippen molar-refractivity contribution in [2.75, 3.05) is 16.8 Å². The van der Waals surface area contributed by atoms with Gasteiger partial charge in [0.15, 0.2) is 0 Å². The molecule has 4 aromatic rings. The molecule has 32 heavy (non-hydrogen) atoms. The number of carbonyl (C=O) groups excluding carboxylic acids is 1. The number of hydrogen-bond donors (Lipinski definition) is 2. The van der Waals surface area contributed by atoms with E-state index in [2.05, 4.69) is 50.3 Å². The van der Waals surface area contributed by atoms with Crippen LogP contribution in [0.5, 0.6) is 0 Å². The molecule has 3 N–H and O–H groups in total. The lowest BCUT2D eigenvalue weighted by Gasteiger charge is -2.16. The van der Waals surface area contributed by atoms with Gasteiger partial charge in [0.05, 0.1) is 21.6 Å².